The highest BCUT2D eigenvalue weighted by atomic mass is 35.5. The summed E-state index contributed by atoms with van der Waals surface area (Å²) in [7, 11) is 0. The molecule has 2 N–H and O–H groups in total. The lowest BCUT2D eigenvalue weighted by Gasteiger charge is -2.45. The van der Waals surface area contributed by atoms with Gasteiger partial charge in [-0.05, 0) is 37.1 Å². The van der Waals surface area contributed by atoms with Crippen molar-refractivity contribution in [2.75, 3.05) is 24.7 Å². The highest BCUT2D eigenvalue weighted by Gasteiger charge is 2.48. The number of benzene rings is 2. The number of hydrogen-bond donors (Lipinski definition) is 1. The van der Waals surface area contributed by atoms with Gasteiger partial charge in [0.25, 0.3) is 5.91 Å². The minimum atomic E-state index is -0.507. The number of nitrogens with zero attached hydrogens (tertiary/aromatic N) is 3. The highest BCUT2D eigenvalue weighted by molar-refractivity contribution is 6.36. The molecule has 31 heavy (non-hydrogen) atoms. The van der Waals surface area contributed by atoms with Crippen LogP contribution in [0.2, 0.25) is 15.1 Å². The molecule has 162 valence electrons. The molecule has 0 aromatic heterocycles. The van der Waals surface area contributed by atoms with Gasteiger partial charge >= 0.3 is 0 Å². The smallest absolute Gasteiger partial charge is 0.268 e. The number of halogens is 3. The first kappa shape index (κ1) is 20.8. The summed E-state index contributed by atoms with van der Waals surface area (Å²) in [4.78, 5) is 12.7. The number of para-hydroxylation sites is 1. The van der Waals surface area contributed by atoms with E-state index in [0.29, 0.717) is 26.5 Å². The summed E-state index contributed by atoms with van der Waals surface area (Å²) in [6.07, 6.45) is 3.22. The summed E-state index contributed by atoms with van der Waals surface area (Å²) in [6.45, 7) is 1.83. The number of piperidine rings is 1. The number of anilines is 1. The number of ether oxygens (including phenoxy) is 1. The molecule has 1 fully saturated rings. The van der Waals surface area contributed by atoms with Crippen molar-refractivity contribution < 1.29 is 9.53 Å². The van der Waals surface area contributed by atoms with Crippen LogP contribution in [0.3, 0.4) is 0 Å². The van der Waals surface area contributed by atoms with Gasteiger partial charge in [0.1, 0.15) is 24.1 Å². The van der Waals surface area contributed by atoms with Gasteiger partial charge in [0.05, 0.1) is 15.7 Å². The van der Waals surface area contributed by atoms with Gasteiger partial charge in [0.15, 0.2) is 0 Å². The molecule has 1 atom stereocenters. The van der Waals surface area contributed by atoms with Crippen molar-refractivity contribution in [3.63, 3.8) is 0 Å². The molecule has 3 aliphatic heterocycles. The van der Waals surface area contributed by atoms with Crippen LogP contribution in [0, 0.1) is 0 Å². The van der Waals surface area contributed by atoms with Crippen LogP contribution in [0.4, 0.5) is 5.69 Å². The first-order chi connectivity index (χ1) is 15.0. The molecule has 3 heterocycles. The second-order valence-corrected chi connectivity index (χ2v) is 9.08. The zero-order valence-electron chi connectivity index (χ0n) is 16.7. The quantitative estimate of drug-likeness (QED) is 0.674. The van der Waals surface area contributed by atoms with E-state index < -0.39 is 5.91 Å². The largest absolute Gasteiger partial charge is 0.487 e. The third-order valence-corrected chi connectivity index (χ3v) is 6.77. The van der Waals surface area contributed by atoms with Gasteiger partial charge in [-0.3, -0.25) is 9.80 Å². The van der Waals surface area contributed by atoms with E-state index >= 15 is 0 Å². The Bertz CT molecular complexity index is 1080. The lowest BCUT2D eigenvalue weighted by atomic mass is 9.94. The molecule has 0 saturated carbocycles. The fourth-order valence-electron chi connectivity index (χ4n) is 4.64. The Balaban J connectivity index is 1.74. The SMILES string of the molecule is NC(=O)C1=C2COc3c(Cl)cccc3C2N(c2ccc(Cl)cc2Cl)N1N1CCCCC1. The minimum absolute atomic E-state index is 0.214. The number of carbonyl (C=O) groups excluding carboxylic acids is 1. The summed E-state index contributed by atoms with van der Waals surface area (Å²) >= 11 is 19.3. The molecule has 2 aromatic rings. The number of hydrazine groups is 2. The Morgan fingerprint density at radius 2 is 1.81 bits per heavy atom. The van der Waals surface area contributed by atoms with Crippen molar-refractivity contribution in [2.24, 2.45) is 5.73 Å². The second kappa shape index (κ2) is 8.10. The number of amides is 1. The Labute approximate surface area is 195 Å². The topological polar surface area (TPSA) is 62.0 Å². The maximum absolute atomic E-state index is 12.7. The molecular formula is C22H21Cl3N4O2. The van der Waals surface area contributed by atoms with Crippen molar-refractivity contribution in [3.05, 3.63) is 68.3 Å². The van der Waals surface area contributed by atoms with Crippen molar-refractivity contribution in [1.82, 2.24) is 10.1 Å². The van der Waals surface area contributed by atoms with Crippen LogP contribution in [-0.4, -0.2) is 35.7 Å². The number of fused-ring (bicyclic) bond motifs is 3. The van der Waals surface area contributed by atoms with Gasteiger partial charge in [-0.1, -0.05) is 53.4 Å². The molecule has 2 aromatic carbocycles. The van der Waals surface area contributed by atoms with Crippen molar-refractivity contribution in [2.45, 2.75) is 25.3 Å². The molecule has 1 amide bonds. The number of rotatable bonds is 3. The number of primary amides is 1. The molecule has 1 unspecified atom stereocenters. The van der Waals surface area contributed by atoms with Crippen molar-refractivity contribution in [3.8, 4) is 5.75 Å². The Morgan fingerprint density at radius 1 is 1.03 bits per heavy atom. The van der Waals surface area contributed by atoms with Crippen molar-refractivity contribution in [1.29, 1.82) is 0 Å². The summed E-state index contributed by atoms with van der Waals surface area (Å²) < 4.78 is 5.99. The van der Waals surface area contributed by atoms with Gasteiger partial charge in [0, 0.05) is 29.2 Å². The van der Waals surface area contributed by atoms with Crippen LogP contribution in [0.1, 0.15) is 30.9 Å². The Hall–Kier alpha value is -2.12. The lowest BCUT2D eigenvalue weighted by Crippen LogP contribution is -2.54. The molecular weight excluding hydrogens is 459 g/mol. The Kier molecular flexibility index (Phi) is 5.42. The molecule has 0 spiro atoms. The predicted octanol–water partition coefficient (Wildman–Crippen LogP) is 4.96. The standard InChI is InChI=1S/C22H21Cl3N4O2/c23-13-7-8-18(17(25)11-13)28-19-14-5-4-6-16(24)21(14)31-12-15(19)20(22(26)30)29(28)27-9-2-1-3-10-27/h4-8,11,19H,1-3,9-10,12H2,(H2,26,30). The Morgan fingerprint density at radius 3 is 2.52 bits per heavy atom. The monoisotopic (exact) mass is 478 g/mol. The van der Waals surface area contributed by atoms with E-state index in [-0.39, 0.29) is 12.6 Å². The van der Waals surface area contributed by atoms with Crippen LogP contribution in [-0.2, 0) is 4.79 Å². The maximum atomic E-state index is 12.7. The molecule has 3 aliphatic rings. The number of carbonyl (C=O) groups is 1. The van der Waals surface area contributed by atoms with E-state index in [4.69, 9.17) is 45.3 Å². The molecule has 6 nitrogen and oxygen atoms in total. The van der Waals surface area contributed by atoms with Crippen LogP contribution < -0.4 is 15.5 Å². The van der Waals surface area contributed by atoms with Crippen LogP contribution >= 0.6 is 34.8 Å². The zero-order chi connectivity index (χ0) is 21.7. The van der Waals surface area contributed by atoms with E-state index in [1.807, 2.05) is 28.3 Å². The number of hydrogen-bond acceptors (Lipinski definition) is 5. The molecule has 5 rings (SSSR count). The fraction of sp³-hybridized carbons (Fsp3) is 0.318. The second-order valence-electron chi connectivity index (χ2n) is 7.83. The van der Waals surface area contributed by atoms with Gasteiger partial charge in [-0.15, -0.1) is 0 Å². The van der Waals surface area contributed by atoms with Crippen molar-refractivity contribution >= 4 is 46.4 Å². The van der Waals surface area contributed by atoms with E-state index in [1.165, 1.54) is 0 Å². The van der Waals surface area contributed by atoms with E-state index in [0.717, 1.165) is 49.2 Å². The number of nitrogens with two attached hydrogens (primary N) is 1. The van der Waals surface area contributed by atoms with E-state index in [2.05, 4.69) is 5.01 Å². The third kappa shape index (κ3) is 3.42. The first-order valence-electron chi connectivity index (χ1n) is 10.2. The summed E-state index contributed by atoms with van der Waals surface area (Å²) in [6, 6.07) is 10.7. The fourth-order valence-corrected chi connectivity index (χ4v) is 5.37. The maximum Gasteiger partial charge on any atom is 0.268 e. The molecule has 0 radical (unpaired) electrons. The molecule has 9 heteroatoms. The molecule has 0 bridgehead atoms. The van der Waals surface area contributed by atoms with Crippen LogP contribution in [0.5, 0.6) is 5.75 Å². The average Bonchev–Trinajstić information content (AvgIpc) is 3.10. The van der Waals surface area contributed by atoms with Gasteiger partial charge in [-0.2, -0.15) is 0 Å². The van der Waals surface area contributed by atoms with Crippen LogP contribution in [0.25, 0.3) is 0 Å². The summed E-state index contributed by atoms with van der Waals surface area (Å²) in [5.74, 6) is 0.101. The predicted molar refractivity (Wildman–Crippen MR) is 122 cm³/mol. The lowest BCUT2D eigenvalue weighted by molar-refractivity contribution is -0.119. The van der Waals surface area contributed by atoms with E-state index in [1.54, 1.807) is 18.2 Å². The van der Waals surface area contributed by atoms with Gasteiger partial charge in [-0.25, -0.2) is 10.1 Å². The zero-order valence-corrected chi connectivity index (χ0v) is 18.9. The average molecular weight is 480 g/mol. The normalized spacial score (nSPS) is 21.1. The minimum Gasteiger partial charge on any atom is -0.487 e. The van der Waals surface area contributed by atoms with Crippen LogP contribution in [0.15, 0.2) is 47.7 Å². The van der Waals surface area contributed by atoms with Gasteiger partial charge < -0.3 is 10.5 Å². The van der Waals surface area contributed by atoms with Gasteiger partial charge in [0.2, 0.25) is 0 Å². The summed E-state index contributed by atoms with van der Waals surface area (Å²) in [5, 5.41) is 7.62. The highest BCUT2D eigenvalue weighted by Crippen LogP contribution is 2.52. The summed E-state index contributed by atoms with van der Waals surface area (Å²) in [5.41, 5.74) is 8.72. The van der Waals surface area contributed by atoms with E-state index in [9.17, 15) is 4.79 Å². The third-order valence-electron chi connectivity index (χ3n) is 5.94. The molecule has 1 saturated heterocycles. The first-order valence-corrected chi connectivity index (χ1v) is 11.3. The molecule has 0 aliphatic carbocycles.